The van der Waals surface area contributed by atoms with Gasteiger partial charge >= 0.3 is 0 Å². The molecule has 0 bridgehead atoms. The van der Waals surface area contributed by atoms with E-state index in [1.165, 1.54) is 34.4 Å². The van der Waals surface area contributed by atoms with Gasteiger partial charge < -0.3 is 9.47 Å². The standard InChI is InChI=1S/C28H27FN2O2/c1-27-16-19-17-30-31(22-11-9-21(29)10-12-22)24(19)15-20(27)6-4-14-28(27)32-25-13-8-18-5-2-3-7-23(18)26(25)33-28/h2-3,5,7,9-12,15,17,25-26H,4,6,8,13-14,16H2,1H3/t25-,26+,27?,28?/m0/s1. The lowest BCUT2D eigenvalue weighted by molar-refractivity contribution is -0.248. The molecule has 2 aromatic carbocycles. The average Bonchev–Trinajstić information content (AvgIpc) is 3.41. The monoisotopic (exact) mass is 442 g/mol. The molecule has 4 aliphatic rings. The van der Waals surface area contributed by atoms with Gasteiger partial charge in [0.1, 0.15) is 11.9 Å². The Morgan fingerprint density at radius 2 is 1.88 bits per heavy atom. The summed E-state index contributed by atoms with van der Waals surface area (Å²) in [7, 11) is 0. The predicted octanol–water partition coefficient (Wildman–Crippen LogP) is 5.94. The van der Waals surface area contributed by atoms with Crippen LogP contribution in [0.3, 0.4) is 0 Å². The largest absolute Gasteiger partial charge is 0.343 e. The summed E-state index contributed by atoms with van der Waals surface area (Å²) in [6.45, 7) is 2.32. The number of benzene rings is 2. The van der Waals surface area contributed by atoms with Crippen LogP contribution in [0.2, 0.25) is 0 Å². The number of aryl methyl sites for hydroxylation is 1. The van der Waals surface area contributed by atoms with E-state index in [-0.39, 0.29) is 23.4 Å². The van der Waals surface area contributed by atoms with Crippen molar-refractivity contribution in [1.29, 1.82) is 0 Å². The van der Waals surface area contributed by atoms with Crippen molar-refractivity contribution in [2.24, 2.45) is 5.41 Å². The van der Waals surface area contributed by atoms with Crippen LogP contribution in [0.1, 0.15) is 61.1 Å². The fourth-order valence-electron chi connectivity index (χ4n) is 6.61. The van der Waals surface area contributed by atoms with Crippen molar-refractivity contribution in [2.75, 3.05) is 0 Å². The summed E-state index contributed by atoms with van der Waals surface area (Å²) < 4.78 is 29.3. The average molecular weight is 443 g/mol. The van der Waals surface area contributed by atoms with Crippen molar-refractivity contribution in [1.82, 2.24) is 9.78 Å². The summed E-state index contributed by atoms with van der Waals surface area (Å²) in [4.78, 5) is 0. The third-order valence-electron chi connectivity index (χ3n) is 8.37. The van der Waals surface area contributed by atoms with Gasteiger partial charge in [0.15, 0.2) is 5.79 Å². The molecule has 5 heteroatoms. The molecule has 1 spiro atoms. The molecular formula is C28H27FN2O2. The van der Waals surface area contributed by atoms with E-state index in [0.29, 0.717) is 0 Å². The van der Waals surface area contributed by atoms with E-state index in [1.807, 2.05) is 10.9 Å². The Hall–Kier alpha value is -2.76. The van der Waals surface area contributed by atoms with Crippen LogP contribution in [0.5, 0.6) is 0 Å². The molecule has 1 aliphatic heterocycles. The first-order valence-corrected chi connectivity index (χ1v) is 12.0. The topological polar surface area (TPSA) is 36.3 Å². The van der Waals surface area contributed by atoms with Gasteiger partial charge in [-0.1, -0.05) is 36.8 Å². The first kappa shape index (κ1) is 19.7. The molecule has 1 saturated carbocycles. The quantitative estimate of drug-likeness (QED) is 0.468. The van der Waals surface area contributed by atoms with Crippen molar-refractivity contribution < 1.29 is 13.9 Å². The van der Waals surface area contributed by atoms with Crippen LogP contribution in [0.25, 0.3) is 11.8 Å². The van der Waals surface area contributed by atoms with Crippen LogP contribution in [-0.4, -0.2) is 21.7 Å². The van der Waals surface area contributed by atoms with Crippen LogP contribution in [-0.2, 0) is 22.3 Å². The highest BCUT2D eigenvalue weighted by atomic mass is 19.1. The van der Waals surface area contributed by atoms with Gasteiger partial charge in [0.25, 0.3) is 0 Å². The molecule has 3 aliphatic carbocycles. The van der Waals surface area contributed by atoms with Gasteiger partial charge in [-0.2, -0.15) is 5.10 Å². The second kappa shape index (κ2) is 6.87. The van der Waals surface area contributed by atoms with Crippen LogP contribution in [0.15, 0.2) is 60.3 Å². The molecule has 33 heavy (non-hydrogen) atoms. The second-order valence-electron chi connectivity index (χ2n) is 10.2. The van der Waals surface area contributed by atoms with Gasteiger partial charge in [0, 0.05) is 11.8 Å². The molecule has 168 valence electrons. The Bertz CT molecular complexity index is 1280. The highest BCUT2D eigenvalue weighted by Gasteiger charge is 2.62. The van der Waals surface area contributed by atoms with E-state index >= 15 is 0 Å². The van der Waals surface area contributed by atoms with Gasteiger partial charge in [-0.3, -0.25) is 0 Å². The molecule has 2 heterocycles. The van der Waals surface area contributed by atoms with Crippen molar-refractivity contribution in [3.8, 4) is 5.69 Å². The van der Waals surface area contributed by atoms with E-state index < -0.39 is 5.79 Å². The Morgan fingerprint density at radius 3 is 2.76 bits per heavy atom. The summed E-state index contributed by atoms with van der Waals surface area (Å²) in [5.74, 6) is -0.849. The SMILES string of the molecule is CC12Cc3cnn(-c4ccc(F)cc4)c3C=C1CCCC21O[C@H]2CCc3ccccc3[C@H]2O1. The molecule has 4 nitrogen and oxygen atoms in total. The van der Waals surface area contributed by atoms with E-state index in [1.54, 1.807) is 12.1 Å². The number of hydrogen-bond acceptors (Lipinski definition) is 3. The maximum atomic E-state index is 13.5. The summed E-state index contributed by atoms with van der Waals surface area (Å²) >= 11 is 0. The summed E-state index contributed by atoms with van der Waals surface area (Å²) in [5.41, 5.74) is 6.98. The fourth-order valence-corrected chi connectivity index (χ4v) is 6.61. The zero-order chi connectivity index (χ0) is 22.2. The molecule has 1 saturated heterocycles. The Kier molecular flexibility index (Phi) is 4.10. The van der Waals surface area contributed by atoms with Crippen molar-refractivity contribution >= 4 is 6.08 Å². The molecular weight excluding hydrogens is 415 g/mol. The Balaban J connectivity index is 1.28. The number of nitrogens with zero attached hydrogens (tertiary/aromatic N) is 2. The van der Waals surface area contributed by atoms with Gasteiger partial charge in [-0.25, -0.2) is 9.07 Å². The minimum absolute atomic E-state index is 0.00876. The molecule has 1 aromatic heterocycles. The van der Waals surface area contributed by atoms with Gasteiger partial charge in [0.2, 0.25) is 0 Å². The van der Waals surface area contributed by atoms with Gasteiger partial charge in [0.05, 0.1) is 23.7 Å². The molecule has 0 N–H and O–H groups in total. The van der Waals surface area contributed by atoms with Crippen LogP contribution >= 0.6 is 0 Å². The third-order valence-corrected chi connectivity index (χ3v) is 8.37. The minimum Gasteiger partial charge on any atom is -0.343 e. The van der Waals surface area contributed by atoms with E-state index in [0.717, 1.165) is 49.9 Å². The highest BCUT2D eigenvalue weighted by molar-refractivity contribution is 5.62. The maximum absolute atomic E-state index is 13.5. The number of halogens is 1. The molecule has 4 atom stereocenters. The zero-order valence-electron chi connectivity index (χ0n) is 18.8. The second-order valence-corrected chi connectivity index (χ2v) is 10.2. The first-order chi connectivity index (χ1) is 16.1. The number of aromatic nitrogens is 2. The highest BCUT2D eigenvalue weighted by Crippen LogP contribution is 2.61. The Morgan fingerprint density at radius 1 is 1.03 bits per heavy atom. The number of hydrogen-bond donors (Lipinski definition) is 0. The van der Waals surface area contributed by atoms with Crippen LogP contribution < -0.4 is 0 Å². The van der Waals surface area contributed by atoms with Crippen LogP contribution in [0, 0.1) is 11.2 Å². The van der Waals surface area contributed by atoms with Crippen molar-refractivity contribution in [3.63, 3.8) is 0 Å². The lowest BCUT2D eigenvalue weighted by Crippen LogP contribution is -2.53. The summed E-state index contributed by atoms with van der Waals surface area (Å²) in [5, 5.41) is 4.67. The maximum Gasteiger partial charge on any atom is 0.179 e. The summed E-state index contributed by atoms with van der Waals surface area (Å²) in [6, 6.07) is 15.2. The van der Waals surface area contributed by atoms with E-state index in [2.05, 4.69) is 42.4 Å². The van der Waals surface area contributed by atoms with Crippen molar-refractivity contribution in [2.45, 2.75) is 63.4 Å². The lowest BCUT2D eigenvalue weighted by Gasteiger charge is -2.51. The van der Waals surface area contributed by atoms with Gasteiger partial charge in [-0.05, 0) is 79.1 Å². The third kappa shape index (κ3) is 2.72. The molecule has 3 aromatic rings. The number of rotatable bonds is 1. The first-order valence-electron chi connectivity index (χ1n) is 12.0. The molecule has 0 radical (unpaired) electrons. The molecule has 2 fully saturated rings. The Labute approximate surface area is 193 Å². The smallest absolute Gasteiger partial charge is 0.179 e. The predicted molar refractivity (Wildman–Crippen MR) is 123 cm³/mol. The number of ether oxygens (including phenoxy) is 2. The van der Waals surface area contributed by atoms with E-state index in [9.17, 15) is 4.39 Å². The molecule has 7 rings (SSSR count). The van der Waals surface area contributed by atoms with E-state index in [4.69, 9.17) is 9.47 Å². The number of fused-ring (bicyclic) bond motifs is 6. The van der Waals surface area contributed by atoms with Gasteiger partial charge in [-0.15, -0.1) is 0 Å². The van der Waals surface area contributed by atoms with Crippen LogP contribution in [0.4, 0.5) is 4.39 Å². The normalized spacial score (nSPS) is 32.0. The molecule has 2 unspecified atom stereocenters. The minimum atomic E-state index is -0.612. The lowest BCUT2D eigenvalue weighted by atomic mass is 9.62. The fraction of sp³-hybridized carbons (Fsp3) is 0.393. The molecule has 0 amide bonds. The summed E-state index contributed by atoms with van der Waals surface area (Å²) in [6.07, 6.45) is 10.2. The van der Waals surface area contributed by atoms with Crippen molar-refractivity contribution in [3.05, 3.63) is 88.5 Å². The zero-order valence-corrected chi connectivity index (χ0v) is 18.8.